The summed E-state index contributed by atoms with van der Waals surface area (Å²) in [6.07, 6.45) is 2.84. The van der Waals surface area contributed by atoms with E-state index in [0.29, 0.717) is 23.3 Å². The number of nitrogens with zero attached hydrogens (tertiary/aromatic N) is 1. The summed E-state index contributed by atoms with van der Waals surface area (Å²) < 4.78 is 5.12. The van der Waals surface area contributed by atoms with Gasteiger partial charge in [-0.1, -0.05) is 29.8 Å². The van der Waals surface area contributed by atoms with Crippen molar-refractivity contribution in [3.63, 3.8) is 0 Å². The Morgan fingerprint density at radius 1 is 1.28 bits per heavy atom. The van der Waals surface area contributed by atoms with E-state index in [1.807, 2.05) is 24.4 Å². The largest absolute Gasteiger partial charge is 0.495 e. The molecule has 0 atom stereocenters. The molecule has 0 spiro atoms. The number of halogens is 2. The summed E-state index contributed by atoms with van der Waals surface area (Å²) >= 11 is 6.09. The van der Waals surface area contributed by atoms with Crippen LogP contribution >= 0.6 is 35.6 Å². The first-order valence-corrected chi connectivity index (χ1v) is 8.00. The van der Waals surface area contributed by atoms with Gasteiger partial charge in [0.25, 0.3) is 0 Å². The quantitative estimate of drug-likeness (QED) is 0.294. The van der Waals surface area contributed by atoms with Crippen LogP contribution in [0.4, 0.5) is 5.69 Å². The van der Waals surface area contributed by atoms with Crippen molar-refractivity contribution in [3.8, 4) is 5.75 Å². The molecule has 0 saturated carbocycles. The molecule has 3 aromatic rings. The number of benzene rings is 2. The van der Waals surface area contributed by atoms with Crippen molar-refractivity contribution < 1.29 is 4.74 Å². The second kappa shape index (κ2) is 8.96. The molecule has 0 amide bonds. The molecule has 7 heteroatoms. The zero-order valence-electron chi connectivity index (χ0n) is 13.8. The Hall–Kier alpha value is -1.93. The third kappa shape index (κ3) is 4.79. The smallest absolute Gasteiger partial charge is 0.193 e. The normalized spacial score (nSPS) is 11.2. The van der Waals surface area contributed by atoms with Crippen molar-refractivity contribution in [3.05, 3.63) is 59.2 Å². The highest BCUT2D eigenvalue weighted by molar-refractivity contribution is 14.0. The van der Waals surface area contributed by atoms with Gasteiger partial charge in [0.1, 0.15) is 5.75 Å². The zero-order chi connectivity index (χ0) is 16.9. The van der Waals surface area contributed by atoms with E-state index in [-0.39, 0.29) is 24.0 Å². The molecule has 0 bridgehead atoms. The van der Waals surface area contributed by atoms with Crippen LogP contribution in [0.25, 0.3) is 10.9 Å². The Bertz CT molecular complexity index is 878. The zero-order valence-corrected chi connectivity index (χ0v) is 16.8. The van der Waals surface area contributed by atoms with Crippen molar-refractivity contribution in [1.29, 1.82) is 0 Å². The van der Waals surface area contributed by atoms with Crippen LogP contribution in [0.2, 0.25) is 5.02 Å². The van der Waals surface area contributed by atoms with E-state index >= 15 is 0 Å². The molecule has 132 valence electrons. The Balaban J connectivity index is 0.00000225. The average molecular weight is 471 g/mol. The number of H-pyrrole nitrogens is 1. The molecular weight excluding hydrogens is 451 g/mol. The predicted molar refractivity (Wildman–Crippen MR) is 116 cm³/mol. The summed E-state index contributed by atoms with van der Waals surface area (Å²) in [6, 6.07) is 13.6. The maximum atomic E-state index is 6.09. The number of methoxy groups -OCH3 is 1. The molecular formula is C18H20ClIN4O. The molecule has 0 aliphatic rings. The van der Waals surface area contributed by atoms with Crippen LogP contribution in [-0.2, 0) is 6.42 Å². The van der Waals surface area contributed by atoms with Crippen LogP contribution in [0.5, 0.6) is 5.75 Å². The number of aliphatic imine (C=N–C) groups is 1. The van der Waals surface area contributed by atoms with Crippen molar-refractivity contribution in [1.82, 2.24) is 4.98 Å². The van der Waals surface area contributed by atoms with Crippen LogP contribution in [0.1, 0.15) is 5.56 Å². The SMILES string of the molecule is COc1ccc(NC(N)=NCCc2c[nH]c3ccccc23)cc1Cl.I. The third-order valence-electron chi connectivity index (χ3n) is 3.76. The van der Waals surface area contributed by atoms with Gasteiger partial charge in [0.15, 0.2) is 5.96 Å². The number of aromatic amines is 1. The topological polar surface area (TPSA) is 75.4 Å². The van der Waals surface area contributed by atoms with Gasteiger partial charge in [-0.25, -0.2) is 0 Å². The summed E-state index contributed by atoms with van der Waals surface area (Å²) in [7, 11) is 1.58. The van der Waals surface area contributed by atoms with Gasteiger partial charge in [-0.2, -0.15) is 0 Å². The number of anilines is 1. The molecule has 3 rings (SSSR count). The van der Waals surface area contributed by atoms with E-state index in [2.05, 4.69) is 27.4 Å². The number of nitrogens with two attached hydrogens (primary N) is 1. The number of guanidine groups is 1. The van der Waals surface area contributed by atoms with E-state index in [1.54, 1.807) is 19.2 Å². The molecule has 2 aromatic carbocycles. The molecule has 1 heterocycles. The summed E-state index contributed by atoms with van der Waals surface area (Å²) in [6.45, 7) is 0.602. The lowest BCUT2D eigenvalue weighted by atomic mass is 10.1. The molecule has 0 radical (unpaired) electrons. The van der Waals surface area contributed by atoms with Crippen LogP contribution in [-0.4, -0.2) is 24.6 Å². The highest BCUT2D eigenvalue weighted by Crippen LogP contribution is 2.27. The fourth-order valence-corrected chi connectivity index (χ4v) is 2.82. The van der Waals surface area contributed by atoms with Gasteiger partial charge in [-0.15, -0.1) is 24.0 Å². The van der Waals surface area contributed by atoms with Gasteiger partial charge in [-0.3, -0.25) is 4.99 Å². The minimum Gasteiger partial charge on any atom is -0.495 e. The monoisotopic (exact) mass is 470 g/mol. The number of fused-ring (bicyclic) bond motifs is 1. The fourth-order valence-electron chi connectivity index (χ4n) is 2.57. The van der Waals surface area contributed by atoms with E-state index in [0.717, 1.165) is 17.6 Å². The van der Waals surface area contributed by atoms with Crippen LogP contribution in [0.3, 0.4) is 0 Å². The van der Waals surface area contributed by atoms with Crippen LogP contribution < -0.4 is 15.8 Å². The van der Waals surface area contributed by atoms with Gasteiger partial charge in [-0.05, 0) is 36.2 Å². The fraction of sp³-hybridized carbons (Fsp3) is 0.167. The number of rotatable bonds is 5. The van der Waals surface area contributed by atoms with Crippen molar-refractivity contribution >= 4 is 58.1 Å². The average Bonchev–Trinajstić information content (AvgIpc) is 2.98. The van der Waals surface area contributed by atoms with Crippen LogP contribution in [0, 0.1) is 0 Å². The molecule has 25 heavy (non-hydrogen) atoms. The second-order valence-corrected chi connectivity index (χ2v) is 5.76. The van der Waals surface area contributed by atoms with E-state index < -0.39 is 0 Å². The lowest BCUT2D eigenvalue weighted by Crippen LogP contribution is -2.23. The Morgan fingerprint density at radius 3 is 2.84 bits per heavy atom. The molecule has 0 fully saturated rings. The third-order valence-corrected chi connectivity index (χ3v) is 4.06. The molecule has 1 aromatic heterocycles. The molecule has 0 aliphatic heterocycles. The molecule has 4 N–H and O–H groups in total. The number of hydrogen-bond donors (Lipinski definition) is 3. The first-order valence-electron chi connectivity index (χ1n) is 7.63. The minimum absolute atomic E-state index is 0. The highest BCUT2D eigenvalue weighted by atomic mass is 127. The molecule has 5 nitrogen and oxygen atoms in total. The van der Waals surface area contributed by atoms with E-state index in [1.165, 1.54) is 10.9 Å². The first kappa shape index (κ1) is 19.4. The number of nitrogens with one attached hydrogen (secondary N) is 2. The van der Waals surface area contributed by atoms with Gasteiger partial charge < -0.3 is 20.8 Å². The van der Waals surface area contributed by atoms with Crippen molar-refractivity contribution in [2.24, 2.45) is 10.7 Å². The van der Waals surface area contributed by atoms with Crippen molar-refractivity contribution in [2.75, 3.05) is 19.0 Å². The highest BCUT2D eigenvalue weighted by Gasteiger charge is 2.04. The van der Waals surface area contributed by atoms with E-state index in [4.69, 9.17) is 22.1 Å². The lowest BCUT2D eigenvalue weighted by Gasteiger charge is -2.08. The van der Waals surface area contributed by atoms with Gasteiger partial charge in [0, 0.05) is 29.3 Å². The maximum Gasteiger partial charge on any atom is 0.193 e. The maximum absolute atomic E-state index is 6.09. The number of aromatic nitrogens is 1. The minimum atomic E-state index is 0. The standard InChI is InChI=1S/C18H19ClN4O.HI/c1-24-17-7-6-13(10-15(17)19)23-18(20)21-9-8-12-11-22-16-5-3-2-4-14(12)16;/h2-7,10-11,22H,8-9H2,1H3,(H3,20,21,23);1H. The summed E-state index contributed by atoms with van der Waals surface area (Å²) in [4.78, 5) is 7.63. The van der Waals surface area contributed by atoms with Gasteiger partial charge >= 0.3 is 0 Å². The first-order chi connectivity index (χ1) is 11.7. The Kier molecular flexibility index (Phi) is 6.95. The summed E-state index contributed by atoms with van der Waals surface area (Å²) in [5, 5.41) is 4.78. The Labute approximate surface area is 168 Å². The van der Waals surface area contributed by atoms with Gasteiger partial charge in [0.2, 0.25) is 0 Å². The van der Waals surface area contributed by atoms with Gasteiger partial charge in [0.05, 0.1) is 12.1 Å². The summed E-state index contributed by atoms with van der Waals surface area (Å²) in [5.74, 6) is 0.980. The van der Waals surface area contributed by atoms with E-state index in [9.17, 15) is 0 Å². The summed E-state index contributed by atoms with van der Waals surface area (Å²) in [5.41, 5.74) is 9.07. The molecule has 0 aliphatic carbocycles. The predicted octanol–water partition coefficient (Wildman–Crippen LogP) is 4.42. The van der Waals surface area contributed by atoms with Crippen LogP contribution in [0.15, 0.2) is 53.7 Å². The second-order valence-electron chi connectivity index (χ2n) is 5.35. The molecule has 0 unspecified atom stereocenters. The number of hydrogen-bond acceptors (Lipinski definition) is 2. The lowest BCUT2D eigenvalue weighted by molar-refractivity contribution is 0.415. The molecule has 0 saturated heterocycles. The van der Waals surface area contributed by atoms with Crippen molar-refractivity contribution in [2.45, 2.75) is 6.42 Å². The number of ether oxygens (including phenoxy) is 1. The number of para-hydroxylation sites is 1. The Morgan fingerprint density at radius 2 is 2.08 bits per heavy atom.